The molecule has 0 atom stereocenters. The van der Waals surface area contributed by atoms with Crippen LogP contribution in [0.3, 0.4) is 0 Å². The van der Waals surface area contributed by atoms with Crippen LogP contribution < -0.4 is 11.1 Å². The Labute approximate surface area is 382 Å². The number of benzene rings is 2. The van der Waals surface area contributed by atoms with E-state index in [2.05, 4.69) is 90.3 Å². The summed E-state index contributed by atoms with van der Waals surface area (Å²) in [7, 11) is -7.71. The van der Waals surface area contributed by atoms with Crippen molar-refractivity contribution < 1.29 is 16.8 Å². The number of nitrogen functional groups attached to an aromatic ring is 1. The van der Waals surface area contributed by atoms with E-state index in [4.69, 9.17) is 5.73 Å². The number of fused-ring (bicyclic) bond motifs is 2. The monoisotopic (exact) mass is 946 g/mol. The molecule has 3 aliphatic carbocycles. The molecule has 0 radical (unpaired) electrons. The van der Waals surface area contributed by atoms with Crippen LogP contribution in [0, 0.1) is 13.8 Å². The first kappa shape index (κ1) is 41.6. The van der Waals surface area contributed by atoms with Crippen molar-refractivity contribution in [3.05, 3.63) is 184 Å². The summed E-state index contributed by atoms with van der Waals surface area (Å²) >= 11 is 6.57. The summed E-state index contributed by atoms with van der Waals surface area (Å²) in [6.07, 6.45) is 11.5. The van der Waals surface area contributed by atoms with Gasteiger partial charge in [-0.15, -0.1) is 10.2 Å². The lowest BCUT2D eigenvalue weighted by atomic mass is 9.70. The molecule has 0 bridgehead atoms. The zero-order valence-electron chi connectivity index (χ0n) is 34.2. The van der Waals surface area contributed by atoms with E-state index >= 15 is 0 Å². The van der Waals surface area contributed by atoms with Gasteiger partial charge in [-0.25, -0.2) is 0 Å². The van der Waals surface area contributed by atoms with E-state index in [9.17, 15) is 16.8 Å². The van der Waals surface area contributed by atoms with Crippen molar-refractivity contribution in [3.63, 3.8) is 0 Å². The van der Waals surface area contributed by atoms with E-state index in [1.54, 1.807) is 81.7 Å². The number of thiophene rings is 4. The van der Waals surface area contributed by atoms with E-state index in [0.29, 0.717) is 36.0 Å². The Balaban J connectivity index is 0.000000150. The highest BCUT2D eigenvalue weighted by Gasteiger charge is 2.42. The second-order valence-electron chi connectivity index (χ2n) is 16.2. The maximum atomic E-state index is 13.8. The third-order valence-corrected chi connectivity index (χ3v) is 18.1. The molecule has 1 fully saturated rings. The molecule has 8 aromatic rings. The standard InChI is InChI=1S/C25H23N3O2S3.C22H19N3O2S3/c1-17-2-6-21(7-3-17)33(29,30)28-23-14-25(18-9-12-31-15-18,19-10-13-32-16-19)11-8-22(23)24(27-28)26-20-4-5-20;1-15-2-4-18(5-3-15)30(26,27)25-20-12-22(16-7-10-28-13-16,17-8-11-29-14-17)9-6-19(20)21(23)24-25/h2-3,6-13,15-16,20H,4-5,14H2,1H3,(H,26,27);2-11,13-14H,12H2,1H3,(H2,23,24). The van der Waals surface area contributed by atoms with Gasteiger partial charge in [-0.2, -0.15) is 70.4 Å². The molecule has 6 aromatic heterocycles. The fourth-order valence-electron chi connectivity index (χ4n) is 8.43. The second kappa shape index (κ2) is 16.0. The molecule has 3 N–H and O–H groups in total. The lowest BCUT2D eigenvalue weighted by molar-refractivity contribution is 0.564. The Morgan fingerprint density at radius 3 is 1.38 bits per heavy atom. The van der Waals surface area contributed by atoms with Crippen LogP contribution in [0.15, 0.2) is 138 Å². The molecule has 0 saturated heterocycles. The second-order valence-corrected chi connectivity index (χ2v) is 22.9. The number of nitrogens with zero attached hydrogens (tertiary/aromatic N) is 4. The minimum atomic E-state index is -3.87. The Bertz CT molecular complexity index is 3130. The fourth-order valence-corrected chi connectivity index (χ4v) is 14.0. The van der Waals surface area contributed by atoms with Crippen LogP contribution in [0.5, 0.6) is 0 Å². The van der Waals surface area contributed by atoms with E-state index in [-0.39, 0.29) is 15.6 Å². The van der Waals surface area contributed by atoms with Crippen LogP contribution in [0.25, 0.3) is 12.2 Å². The summed E-state index contributed by atoms with van der Waals surface area (Å²) in [5.41, 5.74) is 14.7. The third kappa shape index (κ3) is 7.35. The maximum Gasteiger partial charge on any atom is 0.283 e. The van der Waals surface area contributed by atoms with Gasteiger partial charge in [-0.1, -0.05) is 59.7 Å². The van der Waals surface area contributed by atoms with Crippen LogP contribution >= 0.6 is 45.3 Å². The molecule has 0 unspecified atom stereocenters. The predicted molar refractivity (Wildman–Crippen MR) is 257 cm³/mol. The van der Waals surface area contributed by atoms with Gasteiger partial charge in [0.2, 0.25) is 0 Å². The molecular formula is C47H42N6O4S6. The quantitative estimate of drug-likeness (QED) is 0.138. The first-order valence-corrected chi connectivity index (χ1v) is 26.9. The number of nitrogens with one attached hydrogen (secondary N) is 1. The molecular weight excluding hydrogens is 905 g/mol. The number of aromatic nitrogens is 4. The highest BCUT2D eigenvalue weighted by atomic mass is 32.2. The number of anilines is 2. The van der Waals surface area contributed by atoms with Gasteiger partial charge in [0.15, 0.2) is 11.6 Å². The molecule has 16 heteroatoms. The Kier molecular flexibility index (Phi) is 10.6. The largest absolute Gasteiger partial charge is 0.382 e. The van der Waals surface area contributed by atoms with Gasteiger partial charge in [0, 0.05) is 40.8 Å². The van der Waals surface area contributed by atoms with Crippen molar-refractivity contribution in [3.8, 4) is 0 Å². The van der Waals surface area contributed by atoms with Gasteiger partial charge in [0.05, 0.1) is 21.2 Å². The maximum absolute atomic E-state index is 13.8. The number of hydrogen-bond donors (Lipinski definition) is 2. The van der Waals surface area contributed by atoms with Crippen LogP contribution in [0.2, 0.25) is 0 Å². The average Bonchev–Trinajstić information content (AvgIpc) is 4.05. The summed E-state index contributed by atoms with van der Waals surface area (Å²) in [5, 5.41) is 29.1. The van der Waals surface area contributed by atoms with Crippen LogP contribution in [0.4, 0.5) is 11.6 Å². The topological polar surface area (TPSA) is 142 Å². The molecule has 320 valence electrons. The number of aryl methyl sites for hydroxylation is 2. The molecule has 3 aliphatic rings. The van der Waals surface area contributed by atoms with Gasteiger partial charge >= 0.3 is 0 Å². The van der Waals surface area contributed by atoms with E-state index in [1.807, 2.05) is 42.8 Å². The summed E-state index contributed by atoms with van der Waals surface area (Å²) in [5.74, 6) is 0.879. The molecule has 2 aromatic carbocycles. The van der Waals surface area contributed by atoms with Crippen LogP contribution in [-0.4, -0.2) is 41.2 Å². The molecule has 11 rings (SSSR count). The van der Waals surface area contributed by atoms with E-state index in [1.165, 1.54) is 15.2 Å². The molecule has 0 aliphatic heterocycles. The first-order valence-electron chi connectivity index (χ1n) is 20.3. The third-order valence-electron chi connectivity index (χ3n) is 12.1. The zero-order valence-corrected chi connectivity index (χ0v) is 39.1. The minimum absolute atomic E-state index is 0.199. The van der Waals surface area contributed by atoms with Crippen molar-refractivity contribution in [2.24, 2.45) is 0 Å². The smallest absolute Gasteiger partial charge is 0.283 e. The van der Waals surface area contributed by atoms with Crippen LogP contribution in [-0.2, 0) is 43.7 Å². The van der Waals surface area contributed by atoms with Gasteiger partial charge in [0.1, 0.15) is 0 Å². The lowest BCUT2D eigenvalue weighted by Gasteiger charge is -2.33. The summed E-state index contributed by atoms with van der Waals surface area (Å²) < 4.78 is 56.8. The highest BCUT2D eigenvalue weighted by molar-refractivity contribution is 7.90. The first-order chi connectivity index (χ1) is 30.4. The molecule has 10 nitrogen and oxygen atoms in total. The van der Waals surface area contributed by atoms with Crippen molar-refractivity contribution in [1.82, 2.24) is 18.4 Å². The fraction of sp³-hybridized carbons (Fsp3) is 0.191. The van der Waals surface area contributed by atoms with Gasteiger partial charge in [-0.05, 0) is 141 Å². The Hall–Kier alpha value is -5.36. The van der Waals surface area contributed by atoms with Crippen molar-refractivity contribution in [2.75, 3.05) is 11.1 Å². The van der Waals surface area contributed by atoms with Gasteiger partial charge in [-0.3, -0.25) is 0 Å². The minimum Gasteiger partial charge on any atom is -0.382 e. The molecule has 63 heavy (non-hydrogen) atoms. The van der Waals surface area contributed by atoms with Crippen molar-refractivity contribution in [2.45, 2.75) is 66.2 Å². The van der Waals surface area contributed by atoms with Crippen molar-refractivity contribution >= 4 is 89.2 Å². The SMILES string of the molecule is Cc1ccc(S(=O)(=O)n2nc(N)c3c2CC(c2ccsc2)(c2ccsc2)C=C3)cc1.Cc1ccc(S(=O)(=O)n2nc(NC3CC3)c3c2CC(c2ccsc2)(c2ccsc2)C=C3)cc1. The van der Waals surface area contributed by atoms with E-state index in [0.717, 1.165) is 50.4 Å². The summed E-state index contributed by atoms with van der Waals surface area (Å²) in [6.45, 7) is 3.87. The Morgan fingerprint density at radius 2 is 0.984 bits per heavy atom. The van der Waals surface area contributed by atoms with Crippen LogP contribution in [0.1, 0.15) is 68.7 Å². The van der Waals surface area contributed by atoms with Gasteiger partial charge < -0.3 is 11.1 Å². The lowest BCUT2D eigenvalue weighted by Crippen LogP contribution is -2.32. The van der Waals surface area contributed by atoms with Gasteiger partial charge in [0.25, 0.3) is 20.0 Å². The molecule has 6 heterocycles. The van der Waals surface area contributed by atoms with E-state index < -0.39 is 30.9 Å². The summed E-state index contributed by atoms with van der Waals surface area (Å²) in [4.78, 5) is 0.451. The average molecular weight is 947 g/mol. The predicted octanol–water partition coefficient (Wildman–Crippen LogP) is 10.4. The highest BCUT2D eigenvalue weighted by Crippen LogP contribution is 2.47. The van der Waals surface area contributed by atoms with Crippen molar-refractivity contribution in [1.29, 1.82) is 0 Å². The number of rotatable bonds is 10. The number of nitrogens with two attached hydrogens (primary N) is 1. The number of allylic oxidation sites excluding steroid dienone is 2. The molecule has 0 amide bonds. The number of hydrogen-bond acceptors (Lipinski definition) is 12. The molecule has 0 spiro atoms. The zero-order chi connectivity index (χ0) is 43.6. The summed E-state index contributed by atoms with van der Waals surface area (Å²) in [6, 6.07) is 22.6. The Morgan fingerprint density at radius 1 is 0.587 bits per heavy atom. The normalized spacial score (nSPS) is 16.2. The molecule has 1 saturated carbocycles.